The highest BCUT2D eigenvalue weighted by Crippen LogP contribution is 2.23. The summed E-state index contributed by atoms with van der Waals surface area (Å²) in [5.74, 6) is -0.595. The first kappa shape index (κ1) is 15.3. The van der Waals surface area contributed by atoms with Crippen LogP contribution in [0.5, 0.6) is 0 Å². The van der Waals surface area contributed by atoms with E-state index in [2.05, 4.69) is 10.0 Å². The number of hydrogen-bond acceptors (Lipinski definition) is 3. The average Bonchev–Trinajstić information content (AvgIpc) is 2.44. The molecule has 0 aromatic heterocycles. The molecule has 21 heavy (non-hydrogen) atoms. The van der Waals surface area contributed by atoms with Crippen molar-refractivity contribution in [1.82, 2.24) is 0 Å². The van der Waals surface area contributed by atoms with E-state index in [1.165, 1.54) is 24.3 Å². The number of nitrogens with one attached hydrogen (secondary N) is 2. The maximum absolute atomic E-state index is 13.7. The van der Waals surface area contributed by atoms with Crippen molar-refractivity contribution >= 4 is 21.4 Å². The van der Waals surface area contributed by atoms with Gasteiger partial charge in [0.1, 0.15) is 5.82 Å². The molecule has 0 amide bonds. The summed E-state index contributed by atoms with van der Waals surface area (Å²) in [5, 5.41) is 3.08. The molecule has 2 aromatic rings. The summed E-state index contributed by atoms with van der Waals surface area (Å²) in [6.45, 7) is 4.35. The third-order valence-electron chi connectivity index (χ3n) is 3.00. The Labute approximate surface area is 124 Å². The summed E-state index contributed by atoms with van der Waals surface area (Å²) in [4.78, 5) is 0.0896. The Bertz CT molecular complexity index is 708. The van der Waals surface area contributed by atoms with Gasteiger partial charge >= 0.3 is 0 Å². The predicted molar refractivity (Wildman–Crippen MR) is 82.6 cm³/mol. The first-order valence-electron chi connectivity index (χ1n) is 6.56. The molecular weight excluding hydrogens is 291 g/mol. The van der Waals surface area contributed by atoms with Crippen molar-refractivity contribution in [3.63, 3.8) is 0 Å². The lowest BCUT2D eigenvalue weighted by molar-refractivity contribution is 0.598. The van der Waals surface area contributed by atoms with E-state index >= 15 is 0 Å². The Morgan fingerprint density at radius 2 is 1.76 bits per heavy atom. The van der Waals surface area contributed by atoms with Crippen molar-refractivity contribution in [2.75, 3.05) is 16.6 Å². The summed E-state index contributed by atoms with van der Waals surface area (Å²) in [6, 6.07) is 10.7. The van der Waals surface area contributed by atoms with Crippen LogP contribution in [0.1, 0.15) is 12.5 Å². The smallest absolute Gasteiger partial charge is 0.261 e. The van der Waals surface area contributed by atoms with Gasteiger partial charge in [0.15, 0.2) is 0 Å². The second-order valence-corrected chi connectivity index (χ2v) is 6.27. The maximum atomic E-state index is 13.7. The highest BCUT2D eigenvalue weighted by molar-refractivity contribution is 7.92. The van der Waals surface area contributed by atoms with Crippen molar-refractivity contribution in [1.29, 1.82) is 0 Å². The van der Waals surface area contributed by atoms with Crippen LogP contribution in [0.25, 0.3) is 0 Å². The Balaban J connectivity index is 2.30. The van der Waals surface area contributed by atoms with E-state index in [0.29, 0.717) is 5.56 Å². The number of halogens is 1. The van der Waals surface area contributed by atoms with Gasteiger partial charge in [-0.05, 0) is 49.7 Å². The second-order valence-electron chi connectivity index (χ2n) is 4.59. The lowest BCUT2D eigenvalue weighted by atomic mass is 10.2. The van der Waals surface area contributed by atoms with Crippen molar-refractivity contribution in [3.05, 3.63) is 53.8 Å². The van der Waals surface area contributed by atoms with Crippen molar-refractivity contribution < 1.29 is 12.8 Å². The van der Waals surface area contributed by atoms with Crippen LogP contribution in [0.15, 0.2) is 47.4 Å². The van der Waals surface area contributed by atoms with E-state index in [9.17, 15) is 12.8 Å². The minimum atomic E-state index is -3.81. The first-order chi connectivity index (χ1) is 9.94. The van der Waals surface area contributed by atoms with E-state index in [0.717, 1.165) is 12.2 Å². The Morgan fingerprint density at radius 1 is 1.10 bits per heavy atom. The van der Waals surface area contributed by atoms with Crippen LogP contribution in [0.4, 0.5) is 15.8 Å². The predicted octanol–water partition coefficient (Wildman–Crippen LogP) is 3.37. The molecule has 6 heteroatoms. The molecule has 2 N–H and O–H groups in total. The molecular formula is C15H17FN2O2S. The lowest BCUT2D eigenvalue weighted by Crippen LogP contribution is -2.15. The summed E-state index contributed by atoms with van der Waals surface area (Å²) >= 11 is 0. The van der Waals surface area contributed by atoms with Crippen LogP contribution in [-0.4, -0.2) is 15.0 Å². The zero-order chi connectivity index (χ0) is 15.5. The maximum Gasteiger partial charge on any atom is 0.261 e. The van der Waals surface area contributed by atoms with Gasteiger partial charge in [0.05, 0.1) is 10.6 Å². The summed E-state index contributed by atoms with van der Waals surface area (Å²) < 4.78 is 40.6. The fraction of sp³-hybridized carbons (Fsp3) is 0.200. The number of aryl methyl sites for hydroxylation is 1. The van der Waals surface area contributed by atoms with Crippen molar-refractivity contribution in [2.45, 2.75) is 18.7 Å². The number of hydrogen-bond donors (Lipinski definition) is 2. The third kappa shape index (κ3) is 3.52. The molecule has 0 unspecified atom stereocenters. The molecule has 0 aliphatic heterocycles. The Hall–Kier alpha value is -2.08. The van der Waals surface area contributed by atoms with Gasteiger partial charge in [-0.1, -0.05) is 12.1 Å². The highest BCUT2D eigenvalue weighted by atomic mass is 32.2. The molecule has 0 saturated heterocycles. The minimum absolute atomic E-state index is 0.0201. The zero-order valence-corrected chi connectivity index (χ0v) is 12.7. The van der Waals surface area contributed by atoms with Crippen LogP contribution in [0.3, 0.4) is 0 Å². The van der Waals surface area contributed by atoms with Crippen LogP contribution in [0.2, 0.25) is 0 Å². The SMILES string of the molecule is CCNc1ccc(S(=O)(=O)Nc2c(C)cccc2F)cc1. The summed E-state index contributed by atoms with van der Waals surface area (Å²) in [7, 11) is -3.81. The Kier molecular flexibility index (Phi) is 4.47. The third-order valence-corrected chi connectivity index (χ3v) is 4.37. The monoisotopic (exact) mass is 308 g/mol. The largest absolute Gasteiger partial charge is 0.385 e. The molecule has 0 aliphatic rings. The molecule has 2 aromatic carbocycles. The fourth-order valence-corrected chi connectivity index (χ4v) is 3.05. The van der Waals surface area contributed by atoms with Gasteiger partial charge in [-0.25, -0.2) is 12.8 Å². The van der Waals surface area contributed by atoms with E-state index in [-0.39, 0.29) is 10.6 Å². The van der Waals surface area contributed by atoms with Gasteiger partial charge in [0.25, 0.3) is 10.0 Å². The van der Waals surface area contributed by atoms with E-state index in [1.54, 1.807) is 25.1 Å². The van der Waals surface area contributed by atoms with Gasteiger partial charge in [0, 0.05) is 12.2 Å². The minimum Gasteiger partial charge on any atom is -0.385 e. The standard InChI is InChI=1S/C15H17FN2O2S/c1-3-17-12-7-9-13(10-8-12)21(19,20)18-15-11(2)5-4-6-14(15)16/h4-10,17-18H,3H2,1-2H3. The molecule has 0 atom stereocenters. The Morgan fingerprint density at radius 3 is 2.33 bits per heavy atom. The first-order valence-corrected chi connectivity index (χ1v) is 8.04. The van der Waals surface area contributed by atoms with Gasteiger partial charge in [0.2, 0.25) is 0 Å². The summed E-state index contributed by atoms with van der Waals surface area (Å²) in [6.07, 6.45) is 0. The van der Waals surface area contributed by atoms with Crippen molar-refractivity contribution in [2.24, 2.45) is 0 Å². The number of benzene rings is 2. The zero-order valence-electron chi connectivity index (χ0n) is 11.9. The normalized spacial score (nSPS) is 11.2. The highest BCUT2D eigenvalue weighted by Gasteiger charge is 2.17. The number of anilines is 2. The quantitative estimate of drug-likeness (QED) is 0.890. The molecule has 0 fully saturated rings. The average molecular weight is 308 g/mol. The molecule has 2 rings (SSSR count). The molecule has 4 nitrogen and oxygen atoms in total. The molecule has 0 radical (unpaired) electrons. The number of sulfonamides is 1. The van der Waals surface area contributed by atoms with Gasteiger partial charge < -0.3 is 5.32 Å². The van der Waals surface area contributed by atoms with E-state index < -0.39 is 15.8 Å². The molecule has 0 aliphatic carbocycles. The molecule has 112 valence electrons. The van der Waals surface area contributed by atoms with Crippen LogP contribution in [0, 0.1) is 12.7 Å². The van der Waals surface area contributed by atoms with E-state index in [4.69, 9.17) is 0 Å². The van der Waals surface area contributed by atoms with Crippen LogP contribution < -0.4 is 10.0 Å². The second kappa shape index (κ2) is 6.13. The van der Waals surface area contributed by atoms with Gasteiger partial charge in [-0.2, -0.15) is 0 Å². The van der Waals surface area contributed by atoms with Gasteiger partial charge in [-0.3, -0.25) is 4.72 Å². The van der Waals surface area contributed by atoms with Crippen molar-refractivity contribution in [3.8, 4) is 0 Å². The fourth-order valence-electron chi connectivity index (χ4n) is 1.91. The molecule has 0 bridgehead atoms. The topological polar surface area (TPSA) is 58.2 Å². The number of rotatable bonds is 5. The molecule has 0 saturated carbocycles. The summed E-state index contributed by atoms with van der Waals surface area (Å²) in [5.41, 5.74) is 1.34. The molecule has 0 spiro atoms. The van der Waals surface area contributed by atoms with Gasteiger partial charge in [-0.15, -0.1) is 0 Å². The van der Waals surface area contributed by atoms with Crippen LogP contribution in [-0.2, 0) is 10.0 Å². The van der Waals surface area contributed by atoms with Crippen LogP contribution >= 0.6 is 0 Å². The van der Waals surface area contributed by atoms with E-state index in [1.807, 2.05) is 6.92 Å². The number of para-hydroxylation sites is 1. The lowest BCUT2D eigenvalue weighted by Gasteiger charge is -2.12. The molecule has 0 heterocycles.